The maximum Gasteiger partial charge on any atom is 0.258 e. The number of rotatable bonds is 5. The molecule has 162 valence electrons. The number of amides is 1. The van der Waals surface area contributed by atoms with Crippen LogP contribution in [0.5, 0.6) is 0 Å². The van der Waals surface area contributed by atoms with Gasteiger partial charge >= 0.3 is 0 Å². The molecule has 5 rings (SSSR count). The molecule has 1 fully saturated rings. The Labute approximate surface area is 193 Å². The van der Waals surface area contributed by atoms with Gasteiger partial charge in [-0.25, -0.2) is 0 Å². The maximum absolute atomic E-state index is 13.0. The average Bonchev–Trinajstić information content (AvgIpc) is 3.14. The third-order valence-corrected chi connectivity index (χ3v) is 6.35. The van der Waals surface area contributed by atoms with Crippen LogP contribution in [-0.2, 0) is 11.3 Å². The van der Waals surface area contributed by atoms with E-state index in [9.17, 15) is 4.79 Å². The Hall–Kier alpha value is -3.08. The van der Waals surface area contributed by atoms with Gasteiger partial charge in [-0.05, 0) is 67.4 Å². The zero-order chi connectivity index (χ0) is 21.9. The maximum atomic E-state index is 13.0. The van der Waals surface area contributed by atoms with E-state index in [-0.39, 0.29) is 5.91 Å². The molecule has 2 aliphatic rings. The smallest absolute Gasteiger partial charge is 0.258 e. The molecular formula is C27H26ClN3O. The van der Waals surface area contributed by atoms with Crippen LogP contribution in [0.25, 0.3) is 11.3 Å². The van der Waals surface area contributed by atoms with Crippen LogP contribution in [0, 0.1) is 0 Å². The SMILES string of the molecule is O=C1Nc2ccc(Cl)cc2/C1=C(/Nc1ccc(CN2CCCCC2)cc1)c1ccccc1. The van der Waals surface area contributed by atoms with Gasteiger partial charge in [0, 0.05) is 28.5 Å². The minimum atomic E-state index is -0.129. The lowest BCUT2D eigenvalue weighted by molar-refractivity contribution is -0.110. The van der Waals surface area contributed by atoms with Crippen molar-refractivity contribution in [3.8, 4) is 0 Å². The summed E-state index contributed by atoms with van der Waals surface area (Å²) < 4.78 is 0. The number of piperidine rings is 1. The third-order valence-electron chi connectivity index (χ3n) is 6.12. The third kappa shape index (κ3) is 4.43. The van der Waals surface area contributed by atoms with Gasteiger partial charge in [0.25, 0.3) is 5.91 Å². The van der Waals surface area contributed by atoms with Crippen LogP contribution in [-0.4, -0.2) is 23.9 Å². The summed E-state index contributed by atoms with van der Waals surface area (Å²) in [4.78, 5) is 15.5. The quantitative estimate of drug-likeness (QED) is 0.457. The van der Waals surface area contributed by atoms with Crippen LogP contribution in [0.2, 0.25) is 5.02 Å². The molecular weight excluding hydrogens is 418 g/mol. The summed E-state index contributed by atoms with van der Waals surface area (Å²) in [6, 6.07) is 24.0. The first-order chi connectivity index (χ1) is 15.7. The summed E-state index contributed by atoms with van der Waals surface area (Å²) >= 11 is 6.26. The van der Waals surface area contributed by atoms with Gasteiger partial charge < -0.3 is 10.6 Å². The predicted octanol–water partition coefficient (Wildman–Crippen LogP) is 6.26. The highest BCUT2D eigenvalue weighted by Gasteiger charge is 2.28. The number of benzene rings is 3. The fourth-order valence-electron chi connectivity index (χ4n) is 4.49. The number of halogens is 1. The van der Waals surface area contributed by atoms with Gasteiger partial charge in [-0.3, -0.25) is 9.69 Å². The molecule has 2 aliphatic heterocycles. The van der Waals surface area contributed by atoms with E-state index in [0.29, 0.717) is 10.6 Å². The highest BCUT2D eigenvalue weighted by molar-refractivity contribution is 6.38. The number of likely N-dealkylation sites (tertiary alicyclic amines) is 1. The van der Waals surface area contributed by atoms with E-state index in [1.165, 1.54) is 37.9 Å². The molecule has 0 aromatic heterocycles. The molecule has 5 heteroatoms. The van der Waals surface area contributed by atoms with Crippen LogP contribution < -0.4 is 10.6 Å². The summed E-state index contributed by atoms with van der Waals surface area (Å²) in [6.07, 6.45) is 3.93. The molecule has 0 spiro atoms. The highest BCUT2D eigenvalue weighted by Crippen LogP contribution is 2.38. The van der Waals surface area contributed by atoms with Gasteiger partial charge in [-0.2, -0.15) is 0 Å². The van der Waals surface area contributed by atoms with Gasteiger partial charge in [-0.15, -0.1) is 0 Å². The lowest BCUT2D eigenvalue weighted by atomic mass is 10.00. The second-order valence-electron chi connectivity index (χ2n) is 8.42. The van der Waals surface area contributed by atoms with E-state index in [2.05, 4.69) is 39.8 Å². The van der Waals surface area contributed by atoms with Crippen molar-refractivity contribution in [2.45, 2.75) is 25.8 Å². The molecule has 0 radical (unpaired) electrons. The van der Waals surface area contributed by atoms with Crippen LogP contribution in [0.3, 0.4) is 0 Å². The summed E-state index contributed by atoms with van der Waals surface area (Å²) in [5, 5.41) is 7.09. The lowest BCUT2D eigenvalue weighted by Crippen LogP contribution is -2.29. The Bertz CT molecular complexity index is 1150. The van der Waals surface area contributed by atoms with Crippen LogP contribution in [0.1, 0.15) is 36.0 Å². The fourth-order valence-corrected chi connectivity index (χ4v) is 4.66. The molecule has 0 atom stereocenters. The van der Waals surface area contributed by atoms with Crippen molar-refractivity contribution in [2.24, 2.45) is 0 Å². The summed E-state index contributed by atoms with van der Waals surface area (Å²) in [7, 11) is 0. The Balaban J connectivity index is 1.48. The molecule has 0 bridgehead atoms. The molecule has 1 saturated heterocycles. The first-order valence-corrected chi connectivity index (χ1v) is 11.5. The van der Waals surface area contributed by atoms with Crippen molar-refractivity contribution in [3.05, 3.63) is 94.5 Å². The second kappa shape index (κ2) is 9.19. The van der Waals surface area contributed by atoms with Gasteiger partial charge in [-0.1, -0.05) is 60.5 Å². The number of nitrogens with one attached hydrogen (secondary N) is 2. The van der Waals surface area contributed by atoms with Crippen LogP contribution in [0.15, 0.2) is 72.8 Å². The molecule has 2 heterocycles. The normalized spacial score (nSPS) is 17.6. The Morgan fingerprint density at radius 2 is 1.69 bits per heavy atom. The number of carbonyl (C=O) groups excluding carboxylic acids is 1. The molecule has 0 aliphatic carbocycles. The molecule has 3 aromatic rings. The minimum Gasteiger partial charge on any atom is -0.354 e. The topological polar surface area (TPSA) is 44.4 Å². The van der Waals surface area contributed by atoms with E-state index in [0.717, 1.165) is 34.7 Å². The summed E-state index contributed by atoms with van der Waals surface area (Å²) in [6.45, 7) is 3.35. The van der Waals surface area contributed by atoms with Gasteiger partial charge in [0.2, 0.25) is 0 Å². The van der Waals surface area contributed by atoms with E-state index >= 15 is 0 Å². The molecule has 4 nitrogen and oxygen atoms in total. The number of fused-ring (bicyclic) bond motifs is 1. The minimum absolute atomic E-state index is 0.129. The molecule has 1 amide bonds. The largest absolute Gasteiger partial charge is 0.354 e. The first-order valence-electron chi connectivity index (χ1n) is 11.2. The van der Waals surface area contributed by atoms with Crippen molar-refractivity contribution in [3.63, 3.8) is 0 Å². The average molecular weight is 444 g/mol. The number of hydrogen-bond donors (Lipinski definition) is 2. The van der Waals surface area contributed by atoms with Crippen molar-refractivity contribution in [2.75, 3.05) is 23.7 Å². The van der Waals surface area contributed by atoms with E-state index in [1.807, 2.05) is 42.5 Å². The van der Waals surface area contributed by atoms with E-state index in [1.54, 1.807) is 6.07 Å². The number of carbonyl (C=O) groups is 1. The van der Waals surface area contributed by atoms with Crippen molar-refractivity contribution >= 4 is 40.2 Å². The van der Waals surface area contributed by atoms with E-state index < -0.39 is 0 Å². The van der Waals surface area contributed by atoms with Crippen molar-refractivity contribution < 1.29 is 4.79 Å². The van der Waals surface area contributed by atoms with Crippen LogP contribution in [0.4, 0.5) is 11.4 Å². The second-order valence-corrected chi connectivity index (χ2v) is 8.86. The monoisotopic (exact) mass is 443 g/mol. The predicted molar refractivity (Wildman–Crippen MR) is 133 cm³/mol. The van der Waals surface area contributed by atoms with Crippen LogP contribution >= 0.6 is 11.6 Å². The molecule has 0 saturated carbocycles. The molecule has 3 aromatic carbocycles. The molecule has 2 N–H and O–H groups in total. The Morgan fingerprint density at radius 1 is 0.938 bits per heavy atom. The molecule has 0 unspecified atom stereocenters. The van der Waals surface area contributed by atoms with E-state index in [4.69, 9.17) is 11.6 Å². The van der Waals surface area contributed by atoms with Gasteiger partial charge in [0.15, 0.2) is 0 Å². The molecule has 32 heavy (non-hydrogen) atoms. The number of anilines is 2. The lowest BCUT2D eigenvalue weighted by Gasteiger charge is -2.26. The zero-order valence-corrected chi connectivity index (χ0v) is 18.7. The van der Waals surface area contributed by atoms with Crippen molar-refractivity contribution in [1.29, 1.82) is 0 Å². The first kappa shape index (κ1) is 20.8. The fraction of sp³-hybridized carbons (Fsp3) is 0.222. The standard InChI is InChI=1S/C27H26ClN3O/c28-21-11-14-24-23(17-21)25(27(32)30-24)26(20-7-3-1-4-8-20)29-22-12-9-19(10-13-22)18-31-15-5-2-6-16-31/h1,3-4,7-14,17,29H,2,5-6,15-16,18H2,(H,30,32)/b26-25-. The van der Waals surface area contributed by atoms with Crippen molar-refractivity contribution in [1.82, 2.24) is 4.90 Å². The Kier molecular flexibility index (Phi) is 5.97. The Morgan fingerprint density at radius 3 is 2.44 bits per heavy atom. The summed E-state index contributed by atoms with van der Waals surface area (Å²) in [5.41, 5.74) is 6.17. The highest BCUT2D eigenvalue weighted by atomic mass is 35.5. The number of nitrogens with zero attached hydrogens (tertiary/aromatic N) is 1. The zero-order valence-electron chi connectivity index (χ0n) is 17.9. The number of hydrogen-bond acceptors (Lipinski definition) is 3. The van der Waals surface area contributed by atoms with Gasteiger partial charge in [0.05, 0.1) is 11.3 Å². The summed E-state index contributed by atoms with van der Waals surface area (Å²) in [5.74, 6) is -0.129. The van der Waals surface area contributed by atoms with Gasteiger partial charge in [0.1, 0.15) is 0 Å².